The standard InChI is InChI=1S/C11H10ClNO2/c1-15-7-11(14)10(6-13)8-3-2-4-9(12)5-8/h2-5,10H,7H2,1H3. The molecule has 0 saturated heterocycles. The van der Waals surface area contributed by atoms with Crippen molar-refractivity contribution in [3.8, 4) is 6.07 Å². The minimum absolute atomic E-state index is 0.0647. The summed E-state index contributed by atoms with van der Waals surface area (Å²) in [5.41, 5.74) is 0.604. The average Bonchev–Trinajstić information content (AvgIpc) is 2.19. The molecule has 0 fully saturated rings. The monoisotopic (exact) mass is 223 g/mol. The highest BCUT2D eigenvalue weighted by Gasteiger charge is 2.19. The van der Waals surface area contributed by atoms with E-state index in [-0.39, 0.29) is 12.4 Å². The van der Waals surface area contributed by atoms with E-state index >= 15 is 0 Å². The molecular formula is C11H10ClNO2. The van der Waals surface area contributed by atoms with Gasteiger partial charge < -0.3 is 4.74 Å². The predicted octanol–water partition coefficient (Wildman–Crippen LogP) is 2.16. The Morgan fingerprint density at radius 1 is 1.67 bits per heavy atom. The number of methoxy groups -OCH3 is 1. The number of ketones is 1. The van der Waals surface area contributed by atoms with Crippen LogP contribution < -0.4 is 0 Å². The number of Topliss-reactive ketones (excluding diaryl/α,β-unsaturated/α-hetero) is 1. The van der Waals surface area contributed by atoms with Gasteiger partial charge >= 0.3 is 0 Å². The van der Waals surface area contributed by atoms with Crippen molar-refractivity contribution in [2.24, 2.45) is 0 Å². The van der Waals surface area contributed by atoms with Crippen molar-refractivity contribution in [1.29, 1.82) is 5.26 Å². The average molecular weight is 224 g/mol. The molecule has 0 aromatic heterocycles. The summed E-state index contributed by atoms with van der Waals surface area (Å²) >= 11 is 5.78. The van der Waals surface area contributed by atoms with Gasteiger partial charge in [-0.1, -0.05) is 23.7 Å². The molecule has 0 aliphatic carbocycles. The van der Waals surface area contributed by atoms with Crippen LogP contribution in [0.5, 0.6) is 0 Å². The first kappa shape index (κ1) is 11.7. The van der Waals surface area contributed by atoms with Gasteiger partial charge in [0, 0.05) is 12.1 Å². The summed E-state index contributed by atoms with van der Waals surface area (Å²) in [6.45, 7) is -0.0647. The van der Waals surface area contributed by atoms with Gasteiger partial charge in [-0.05, 0) is 17.7 Å². The topological polar surface area (TPSA) is 50.1 Å². The van der Waals surface area contributed by atoms with Crippen LogP contribution >= 0.6 is 11.6 Å². The van der Waals surface area contributed by atoms with E-state index in [0.29, 0.717) is 10.6 Å². The zero-order valence-corrected chi connectivity index (χ0v) is 8.99. The van der Waals surface area contributed by atoms with Crippen molar-refractivity contribution in [1.82, 2.24) is 0 Å². The molecule has 0 aliphatic rings. The van der Waals surface area contributed by atoms with Crippen molar-refractivity contribution in [2.45, 2.75) is 5.92 Å². The van der Waals surface area contributed by atoms with E-state index < -0.39 is 5.92 Å². The molecule has 0 bridgehead atoms. The van der Waals surface area contributed by atoms with Crippen LogP contribution in [0.2, 0.25) is 5.02 Å². The minimum Gasteiger partial charge on any atom is -0.377 e. The fourth-order valence-corrected chi connectivity index (χ4v) is 1.44. The summed E-state index contributed by atoms with van der Waals surface area (Å²) < 4.78 is 4.70. The maximum atomic E-state index is 11.5. The number of ether oxygens (including phenoxy) is 1. The van der Waals surface area contributed by atoms with Crippen LogP contribution in [0.3, 0.4) is 0 Å². The number of hydrogen-bond donors (Lipinski definition) is 0. The van der Waals surface area contributed by atoms with Crippen LogP contribution in [-0.4, -0.2) is 19.5 Å². The molecular weight excluding hydrogens is 214 g/mol. The highest BCUT2D eigenvalue weighted by Crippen LogP contribution is 2.20. The van der Waals surface area contributed by atoms with E-state index in [4.69, 9.17) is 21.6 Å². The van der Waals surface area contributed by atoms with Crippen molar-refractivity contribution in [3.05, 3.63) is 34.9 Å². The van der Waals surface area contributed by atoms with Crippen molar-refractivity contribution >= 4 is 17.4 Å². The van der Waals surface area contributed by atoms with Gasteiger partial charge in [0.25, 0.3) is 0 Å². The quantitative estimate of drug-likeness (QED) is 0.786. The Kier molecular flexibility index (Phi) is 4.29. The van der Waals surface area contributed by atoms with Crippen molar-refractivity contribution in [2.75, 3.05) is 13.7 Å². The van der Waals surface area contributed by atoms with Gasteiger partial charge in [0.05, 0.1) is 6.07 Å². The fourth-order valence-electron chi connectivity index (χ4n) is 1.24. The third-order valence-corrected chi connectivity index (χ3v) is 2.15. The number of halogens is 1. The summed E-state index contributed by atoms with van der Waals surface area (Å²) in [6, 6.07) is 8.66. The van der Waals surface area contributed by atoms with Crippen LogP contribution in [0, 0.1) is 11.3 Å². The van der Waals surface area contributed by atoms with Crippen LogP contribution in [0.15, 0.2) is 24.3 Å². The van der Waals surface area contributed by atoms with Crippen LogP contribution in [0.1, 0.15) is 11.5 Å². The number of hydrogen-bond acceptors (Lipinski definition) is 3. The van der Waals surface area contributed by atoms with E-state index in [2.05, 4.69) is 0 Å². The van der Waals surface area contributed by atoms with Gasteiger partial charge in [0.1, 0.15) is 12.5 Å². The predicted molar refractivity (Wildman–Crippen MR) is 56.7 cm³/mol. The number of benzene rings is 1. The number of rotatable bonds is 4. The number of carbonyl (C=O) groups is 1. The number of nitrogens with zero attached hydrogens (tertiary/aromatic N) is 1. The maximum absolute atomic E-state index is 11.5. The van der Waals surface area contributed by atoms with Crippen molar-refractivity contribution < 1.29 is 9.53 Å². The first-order valence-electron chi connectivity index (χ1n) is 4.35. The second-order valence-electron chi connectivity index (χ2n) is 3.02. The van der Waals surface area contributed by atoms with Gasteiger partial charge in [-0.3, -0.25) is 4.79 Å². The molecule has 3 nitrogen and oxygen atoms in total. The molecule has 0 saturated carbocycles. The molecule has 78 valence electrons. The molecule has 0 amide bonds. The third kappa shape index (κ3) is 3.05. The molecule has 1 atom stereocenters. The lowest BCUT2D eigenvalue weighted by Crippen LogP contribution is -2.16. The molecule has 0 radical (unpaired) electrons. The second kappa shape index (κ2) is 5.50. The van der Waals surface area contributed by atoms with Gasteiger partial charge in [-0.25, -0.2) is 0 Å². The summed E-state index contributed by atoms with van der Waals surface area (Å²) in [6.07, 6.45) is 0. The Hall–Kier alpha value is -1.37. The highest BCUT2D eigenvalue weighted by atomic mass is 35.5. The van der Waals surface area contributed by atoms with Crippen LogP contribution in [0.25, 0.3) is 0 Å². The molecule has 1 aromatic rings. The molecule has 15 heavy (non-hydrogen) atoms. The number of carbonyl (C=O) groups excluding carboxylic acids is 1. The van der Waals surface area contributed by atoms with E-state index in [1.54, 1.807) is 24.3 Å². The Labute approximate surface area is 93.2 Å². The van der Waals surface area contributed by atoms with Gasteiger partial charge in [-0.15, -0.1) is 0 Å². The lowest BCUT2D eigenvalue weighted by molar-refractivity contribution is -0.122. The molecule has 1 unspecified atom stereocenters. The van der Waals surface area contributed by atoms with Gasteiger partial charge in [-0.2, -0.15) is 5.26 Å². The number of nitriles is 1. The molecule has 0 spiro atoms. The fraction of sp³-hybridized carbons (Fsp3) is 0.273. The van der Waals surface area contributed by atoms with Gasteiger partial charge in [0.15, 0.2) is 5.78 Å². The Morgan fingerprint density at radius 2 is 2.40 bits per heavy atom. The summed E-state index contributed by atoms with van der Waals surface area (Å²) in [4.78, 5) is 11.5. The van der Waals surface area contributed by atoms with E-state index in [9.17, 15) is 4.79 Å². The molecule has 0 N–H and O–H groups in total. The second-order valence-corrected chi connectivity index (χ2v) is 3.45. The third-order valence-electron chi connectivity index (χ3n) is 1.92. The summed E-state index contributed by atoms with van der Waals surface area (Å²) in [5.74, 6) is -1.06. The zero-order chi connectivity index (χ0) is 11.3. The minimum atomic E-state index is -0.802. The van der Waals surface area contributed by atoms with Crippen LogP contribution in [-0.2, 0) is 9.53 Å². The van der Waals surface area contributed by atoms with Gasteiger partial charge in [0.2, 0.25) is 0 Å². The molecule has 4 heteroatoms. The summed E-state index contributed by atoms with van der Waals surface area (Å²) in [5, 5.41) is 9.41. The first-order chi connectivity index (χ1) is 7.19. The molecule has 1 aromatic carbocycles. The Balaban J connectivity index is 2.93. The SMILES string of the molecule is COCC(=O)C(C#N)c1cccc(Cl)c1. The van der Waals surface area contributed by atoms with E-state index in [1.165, 1.54) is 7.11 Å². The van der Waals surface area contributed by atoms with Crippen LogP contribution in [0.4, 0.5) is 0 Å². The van der Waals surface area contributed by atoms with E-state index in [1.807, 2.05) is 6.07 Å². The van der Waals surface area contributed by atoms with E-state index in [0.717, 1.165) is 0 Å². The molecule has 0 aliphatic heterocycles. The maximum Gasteiger partial charge on any atom is 0.179 e. The Bertz CT molecular complexity index is 398. The lowest BCUT2D eigenvalue weighted by Gasteiger charge is -2.07. The largest absolute Gasteiger partial charge is 0.377 e. The van der Waals surface area contributed by atoms with Crippen molar-refractivity contribution in [3.63, 3.8) is 0 Å². The highest BCUT2D eigenvalue weighted by molar-refractivity contribution is 6.30. The summed E-state index contributed by atoms with van der Waals surface area (Å²) in [7, 11) is 1.42. The Morgan fingerprint density at radius 3 is 2.93 bits per heavy atom. The molecule has 1 rings (SSSR count). The lowest BCUT2D eigenvalue weighted by atomic mass is 9.97. The smallest absolute Gasteiger partial charge is 0.179 e. The normalized spacial score (nSPS) is 11.8. The molecule has 0 heterocycles. The zero-order valence-electron chi connectivity index (χ0n) is 8.24. The first-order valence-corrected chi connectivity index (χ1v) is 4.73.